The van der Waals surface area contributed by atoms with Crippen LogP contribution in [0.4, 0.5) is 0 Å². The van der Waals surface area contributed by atoms with Gasteiger partial charge in [0.1, 0.15) is 0 Å². The summed E-state index contributed by atoms with van der Waals surface area (Å²) in [5, 5.41) is 9.41. The lowest BCUT2D eigenvalue weighted by molar-refractivity contribution is -0.129. The SMILES string of the molecule is COCCN(Cc1ccccc1)C(=O)CSc1nnc(-c2ccc(C(C)(C)C)cc2)n1C. The van der Waals surface area contributed by atoms with Gasteiger partial charge < -0.3 is 14.2 Å². The van der Waals surface area contributed by atoms with E-state index in [2.05, 4.69) is 55.2 Å². The third-order valence-electron chi connectivity index (χ3n) is 5.30. The minimum Gasteiger partial charge on any atom is -0.383 e. The summed E-state index contributed by atoms with van der Waals surface area (Å²) in [7, 11) is 3.58. The summed E-state index contributed by atoms with van der Waals surface area (Å²) < 4.78 is 7.14. The molecule has 32 heavy (non-hydrogen) atoms. The minimum atomic E-state index is 0.0509. The number of rotatable bonds is 9. The average molecular weight is 453 g/mol. The zero-order valence-electron chi connectivity index (χ0n) is 19.5. The van der Waals surface area contributed by atoms with Crippen molar-refractivity contribution in [1.29, 1.82) is 0 Å². The van der Waals surface area contributed by atoms with E-state index in [-0.39, 0.29) is 11.3 Å². The van der Waals surface area contributed by atoms with Crippen LogP contribution in [0.15, 0.2) is 59.8 Å². The van der Waals surface area contributed by atoms with Crippen LogP contribution in [0, 0.1) is 0 Å². The first kappa shape index (κ1) is 24.0. The minimum absolute atomic E-state index is 0.0509. The quantitative estimate of drug-likeness (QED) is 0.446. The molecule has 1 heterocycles. The van der Waals surface area contributed by atoms with Gasteiger partial charge in [0.2, 0.25) is 5.91 Å². The first-order valence-corrected chi connectivity index (χ1v) is 11.7. The maximum absolute atomic E-state index is 12.9. The molecule has 0 aliphatic heterocycles. The van der Waals surface area contributed by atoms with Gasteiger partial charge in [-0.1, -0.05) is 87.1 Å². The Morgan fingerprint density at radius 2 is 1.75 bits per heavy atom. The number of thioether (sulfide) groups is 1. The van der Waals surface area contributed by atoms with Gasteiger partial charge in [-0.05, 0) is 16.5 Å². The zero-order chi connectivity index (χ0) is 23.1. The molecule has 1 amide bonds. The highest BCUT2D eigenvalue weighted by Gasteiger charge is 2.18. The lowest BCUT2D eigenvalue weighted by Gasteiger charge is -2.22. The molecule has 0 saturated heterocycles. The Balaban J connectivity index is 1.66. The molecule has 3 aromatic rings. The van der Waals surface area contributed by atoms with E-state index in [9.17, 15) is 4.79 Å². The number of carbonyl (C=O) groups is 1. The molecular weight excluding hydrogens is 420 g/mol. The standard InChI is InChI=1S/C25H32N4O2S/c1-25(2,3)21-13-11-20(12-14-21)23-26-27-24(28(23)4)32-18-22(30)29(15-16-31-5)17-19-9-7-6-8-10-19/h6-14H,15-18H2,1-5H3. The van der Waals surface area contributed by atoms with Crippen LogP contribution in [0.3, 0.4) is 0 Å². The first-order chi connectivity index (χ1) is 15.3. The predicted octanol–water partition coefficient (Wildman–Crippen LogP) is 4.55. The Labute approximate surface area is 195 Å². The monoisotopic (exact) mass is 452 g/mol. The topological polar surface area (TPSA) is 60.2 Å². The van der Waals surface area contributed by atoms with E-state index in [1.165, 1.54) is 17.3 Å². The van der Waals surface area contributed by atoms with E-state index in [4.69, 9.17) is 4.74 Å². The van der Waals surface area contributed by atoms with Crippen LogP contribution in [-0.4, -0.2) is 51.6 Å². The fourth-order valence-corrected chi connectivity index (χ4v) is 4.14. The van der Waals surface area contributed by atoms with Crippen molar-refractivity contribution >= 4 is 17.7 Å². The normalized spacial score (nSPS) is 11.5. The van der Waals surface area contributed by atoms with Crippen LogP contribution in [0.1, 0.15) is 31.9 Å². The molecule has 3 rings (SSSR count). The number of benzene rings is 2. The second-order valence-electron chi connectivity index (χ2n) is 8.77. The number of ether oxygens (including phenoxy) is 1. The summed E-state index contributed by atoms with van der Waals surface area (Å²) in [6, 6.07) is 18.4. The Hall–Kier alpha value is -2.64. The van der Waals surface area contributed by atoms with E-state index in [0.717, 1.165) is 22.1 Å². The number of carbonyl (C=O) groups excluding carboxylic acids is 1. The van der Waals surface area contributed by atoms with Crippen molar-refractivity contribution in [2.24, 2.45) is 7.05 Å². The first-order valence-electron chi connectivity index (χ1n) is 10.7. The number of amides is 1. The largest absolute Gasteiger partial charge is 0.383 e. The molecule has 7 heteroatoms. The fourth-order valence-electron chi connectivity index (χ4n) is 3.33. The highest BCUT2D eigenvalue weighted by molar-refractivity contribution is 7.99. The van der Waals surface area contributed by atoms with E-state index in [0.29, 0.717) is 25.4 Å². The summed E-state index contributed by atoms with van der Waals surface area (Å²) in [5.74, 6) is 1.14. The fraction of sp³-hybridized carbons (Fsp3) is 0.400. The second-order valence-corrected chi connectivity index (χ2v) is 9.72. The maximum Gasteiger partial charge on any atom is 0.233 e. The molecule has 0 atom stereocenters. The van der Waals surface area contributed by atoms with E-state index >= 15 is 0 Å². The van der Waals surface area contributed by atoms with Crippen LogP contribution in [0.5, 0.6) is 0 Å². The lowest BCUT2D eigenvalue weighted by Crippen LogP contribution is -2.34. The van der Waals surface area contributed by atoms with Crippen molar-refractivity contribution in [2.75, 3.05) is 26.0 Å². The summed E-state index contributed by atoms with van der Waals surface area (Å²) in [6.07, 6.45) is 0. The molecule has 0 radical (unpaired) electrons. The Kier molecular flexibility index (Phi) is 8.10. The molecule has 170 valence electrons. The number of hydrogen-bond acceptors (Lipinski definition) is 5. The third kappa shape index (κ3) is 6.20. The molecule has 6 nitrogen and oxygen atoms in total. The molecule has 0 fully saturated rings. The predicted molar refractivity (Wildman–Crippen MR) is 130 cm³/mol. The second kappa shape index (κ2) is 10.8. The number of aromatic nitrogens is 3. The smallest absolute Gasteiger partial charge is 0.233 e. The molecule has 0 saturated carbocycles. The van der Waals surface area contributed by atoms with Gasteiger partial charge in [0.15, 0.2) is 11.0 Å². The molecule has 0 bridgehead atoms. The molecule has 0 unspecified atom stereocenters. The van der Waals surface area contributed by atoms with Crippen molar-refractivity contribution in [2.45, 2.75) is 37.9 Å². The van der Waals surface area contributed by atoms with Gasteiger partial charge in [-0.25, -0.2) is 0 Å². The summed E-state index contributed by atoms with van der Waals surface area (Å²) in [6.45, 7) is 8.21. The van der Waals surface area contributed by atoms with Gasteiger partial charge in [0.25, 0.3) is 0 Å². The number of methoxy groups -OCH3 is 1. The van der Waals surface area contributed by atoms with Gasteiger partial charge in [0, 0.05) is 32.8 Å². The van der Waals surface area contributed by atoms with Crippen molar-refractivity contribution in [3.8, 4) is 11.4 Å². The van der Waals surface area contributed by atoms with Crippen molar-refractivity contribution in [1.82, 2.24) is 19.7 Å². The third-order valence-corrected chi connectivity index (χ3v) is 6.31. The van der Waals surface area contributed by atoms with Crippen molar-refractivity contribution in [3.05, 3.63) is 65.7 Å². The molecule has 0 N–H and O–H groups in total. The zero-order valence-corrected chi connectivity index (χ0v) is 20.4. The van der Waals surface area contributed by atoms with Gasteiger partial charge in [-0.2, -0.15) is 0 Å². The molecule has 0 spiro atoms. The average Bonchev–Trinajstić information content (AvgIpc) is 3.15. The Morgan fingerprint density at radius 3 is 2.38 bits per heavy atom. The highest BCUT2D eigenvalue weighted by Crippen LogP contribution is 2.27. The summed E-state index contributed by atoms with van der Waals surface area (Å²) in [5.41, 5.74) is 3.49. The van der Waals surface area contributed by atoms with Gasteiger partial charge in [-0.3, -0.25) is 4.79 Å². The van der Waals surface area contributed by atoms with Crippen LogP contribution in [0.2, 0.25) is 0 Å². The van der Waals surface area contributed by atoms with Gasteiger partial charge in [-0.15, -0.1) is 10.2 Å². The Morgan fingerprint density at radius 1 is 1.06 bits per heavy atom. The van der Waals surface area contributed by atoms with E-state index in [1.54, 1.807) is 7.11 Å². The summed E-state index contributed by atoms with van der Waals surface area (Å²) >= 11 is 1.41. The molecule has 1 aromatic heterocycles. The Bertz CT molecular complexity index is 1010. The van der Waals surface area contributed by atoms with Crippen LogP contribution in [0.25, 0.3) is 11.4 Å². The summed E-state index contributed by atoms with van der Waals surface area (Å²) in [4.78, 5) is 14.8. The number of nitrogens with zero attached hydrogens (tertiary/aromatic N) is 4. The molecule has 2 aromatic carbocycles. The lowest BCUT2D eigenvalue weighted by atomic mass is 9.87. The van der Waals surface area contributed by atoms with E-state index < -0.39 is 0 Å². The molecular formula is C25H32N4O2S. The van der Waals surface area contributed by atoms with Crippen molar-refractivity contribution < 1.29 is 9.53 Å². The highest BCUT2D eigenvalue weighted by atomic mass is 32.2. The number of hydrogen-bond donors (Lipinski definition) is 0. The van der Waals surface area contributed by atoms with Crippen LogP contribution in [-0.2, 0) is 28.5 Å². The maximum atomic E-state index is 12.9. The van der Waals surface area contributed by atoms with Crippen LogP contribution >= 0.6 is 11.8 Å². The van der Waals surface area contributed by atoms with Gasteiger partial charge in [0.05, 0.1) is 12.4 Å². The molecule has 0 aliphatic rings. The van der Waals surface area contributed by atoms with Gasteiger partial charge >= 0.3 is 0 Å². The van der Waals surface area contributed by atoms with Crippen molar-refractivity contribution in [3.63, 3.8) is 0 Å². The van der Waals surface area contributed by atoms with E-state index in [1.807, 2.05) is 46.8 Å². The van der Waals surface area contributed by atoms with Crippen LogP contribution < -0.4 is 0 Å². The molecule has 0 aliphatic carbocycles.